The highest BCUT2D eigenvalue weighted by molar-refractivity contribution is 5.94. The van der Waals surface area contributed by atoms with E-state index in [0.29, 0.717) is 18.5 Å². The molecule has 5 heteroatoms. The number of carbonyl (C=O) groups excluding carboxylic acids is 1. The van der Waals surface area contributed by atoms with Crippen molar-refractivity contribution >= 4 is 5.91 Å². The van der Waals surface area contributed by atoms with Gasteiger partial charge in [0.05, 0.1) is 5.56 Å². The summed E-state index contributed by atoms with van der Waals surface area (Å²) < 4.78 is 13.7. The van der Waals surface area contributed by atoms with Gasteiger partial charge in [0.1, 0.15) is 11.6 Å². The van der Waals surface area contributed by atoms with Gasteiger partial charge >= 0.3 is 0 Å². The van der Waals surface area contributed by atoms with Crippen LogP contribution in [-0.4, -0.2) is 35.0 Å². The molecule has 1 aliphatic heterocycles. The largest absolute Gasteiger partial charge is 0.508 e. The van der Waals surface area contributed by atoms with Crippen LogP contribution in [0.2, 0.25) is 0 Å². The van der Waals surface area contributed by atoms with Crippen LogP contribution in [0.5, 0.6) is 5.75 Å². The molecule has 0 saturated carbocycles. The lowest BCUT2D eigenvalue weighted by atomic mass is 10.1. The summed E-state index contributed by atoms with van der Waals surface area (Å²) in [6.45, 7) is 4.53. The SMILES string of the molecule is C[C@@H]1C[C@@H](CNC(=O)c2ccc(O)cc2F)CN1Cc1ccccc1. The molecular formula is C20H23FN2O2. The molecule has 1 aliphatic rings. The lowest BCUT2D eigenvalue weighted by Crippen LogP contribution is -2.31. The summed E-state index contributed by atoms with van der Waals surface area (Å²) >= 11 is 0. The van der Waals surface area contributed by atoms with Crippen LogP contribution in [0.3, 0.4) is 0 Å². The van der Waals surface area contributed by atoms with E-state index in [2.05, 4.69) is 29.3 Å². The normalized spacial score (nSPS) is 20.6. The number of aromatic hydroxyl groups is 1. The van der Waals surface area contributed by atoms with E-state index >= 15 is 0 Å². The number of nitrogens with zero attached hydrogens (tertiary/aromatic N) is 1. The van der Waals surface area contributed by atoms with Crippen LogP contribution in [0.4, 0.5) is 4.39 Å². The van der Waals surface area contributed by atoms with Gasteiger partial charge in [0.25, 0.3) is 5.91 Å². The second kappa shape index (κ2) is 7.66. The number of likely N-dealkylation sites (tertiary alicyclic amines) is 1. The molecule has 0 bridgehead atoms. The average molecular weight is 342 g/mol. The highest BCUT2D eigenvalue weighted by atomic mass is 19.1. The van der Waals surface area contributed by atoms with Crippen molar-refractivity contribution in [3.8, 4) is 5.75 Å². The summed E-state index contributed by atoms with van der Waals surface area (Å²) in [6.07, 6.45) is 1.01. The average Bonchev–Trinajstić information content (AvgIpc) is 2.93. The third kappa shape index (κ3) is 4.37. The Kier molecular flexibility index (Phi) is 5.34. The smallest absolute Gasteiger partial charge is 0.254 e. The molecule has 2 aromatic rings. The Morgan fingerprint density at radius 3 is 2.76 bits per heavy atom. The van der Waals surface area contributed by atoms with Crippen molar-refractivity contribution in [3.05, 3.63) is 65.5 Å². The minimum atomic E-state index is -0.706. The lowest BCUT2D eigenvalue weighted by molar-refractivity contribution is 0.0943. The number of benzene rings is 2. The van der Waals surface area contributed by atoms with Gasteiger partial charge in [-0.2, -0.15) is 0 Å². The van der Waals surface area contributed by atoms with Gasteiger partial charge in [0.2, 0.25) is 0 Å². The molecule has 132 valence electrons. The van der Waals surface area contributed by atoms with Crippen LogP contribution in [0.1, 0.15) is 29.3 Å². The molecule has 2 atom stereocenters. The summed E-state index contributed by atoms with van der Waals surface area (Å²) in [4.78, 5) is 14.6. The number of phenols is 1. The highest BCUT2D eigenvalue weighted by Crippen LogP contribution is 2.24. The molecule has 4 nitrogen and oxygen atoms in total. The number of rotatable bonds is 5. The molecular weight excluding hydrogens is 319 g/mol. The van der Waals surface area contributed by atoms with E-state index in [-0.39, 0.29) is 11.3 Å². The zero-order valence-corrected chi connectivity index (χ0v) is 14.3. The van der Waals surface area contributed by atoms with Crippen molar-refractivity contribution in [2.24, 2.45) is 5.92 Å². The number of phenolic OH excluding ortho intramolecular Hbond substituents is 1. The predicted octanol–water partition coefficient (Wildman–Crippen LogP) is 3.17. The Balaban J connectivity index is 1.53. The molecule has 3 rings (SSSR count). The molecule has 0 aliphatic carbocycles. The monoisotopic (exact) mass is 342 g/mol. The molecule has 2 aromatic carbocycles. The van der Waals surface area contributed by atoms with Gasteiger partial charge in [0.15, 0.2) is 0 Å². The maximum absolute atomic E-state index is 13.7. The minimum absolute atomic E-state index is 0.0370. The van der Waals surface area contributed by atoms with E-state index in [1.54, 1.807) is 0 Å². The maximum atomic E-state index is 13.7. The second-order valence-electron chi connectivity index (χ2n) is 6.74. The molecule has 0 radical (unpaired) electrons. The van der Waals surface area contributed by atoms with Gasteiger partial charge in [-0.05, 0) is 37.0 Å². The van der Waals surface area contributed by atoms with Gasteiger partial charge in [0, 0.05) is 31.7 Å². The molecule has 25 heavy (non-hydrogen) atoms. The Hall–Kier alpha value is -2.40. The lowest BCUT2D eigenvalue weighted by Gasteiger charge is -2.21. The summed E-state index contributed by atoms with van der Waals surface area (Å²) in [6, 6.07) is 14.4. The fraction of sp³-hybridized carbons (Fsp3) is 0.350. The van der Waals surface area contributed by atoms with Crippen LogP contribution in [0.15, 0.2) is 48.5 Å². The Morgan fingerprint density at radius 2 is 2.04 bits per heavy atom. The van der Waals surface area contributed by atoms with Crippen molar-refractivity contribution in [3.63, 3.8) is 0 Å². The number of hydrogen-bond acceptors (Lipinski definition) is 3. The van der Waals surface area contributed by atoms with Crippen LogP contribution in [0, 0.1) is 11.7 Å². The van der Waals surface area contributed by atoms with Crippen molar-refractivity contribution in [1.82, 2.24) is 10.2 Å². The topological polar surface area (TPSA) is 52.6 Å². The predicted molar refractivity (Wildman–Crippen MR) is 94.8 cm³/mol. The fourth-order valence-corrected chi connectivity index (χ4v) is 3.42. The number of amides is 1. The first kappa shape index (κ1) is 17.4. The number of nitrogens with one attached hydrogen (secondary N) is 1. The van der Waals surface area contributed by atoms with Crippen molar-refractivity contribution < 1.29 is 14.3 Å². The van der Waals surface area contributed by atoms with Crippen LogP contribution < -0.4 is 5.32 Å². The van der Waals surface area contributed by atoms with Crippen LogP contribution >= 0.6 is 0 Å². The molecule has 2 N–H and O–H groups in total. The molecule has 0 unspecified atom stereocenters. The number of halogens is 1. The Labute approximate surface area is 147 Å². The van der Waals surface area contributed by atoms with Gasteiger partial charge < -0.3 is 10.4 Å². The van der Waals surface area contributed by atoms with Gasteiger partial charge in [-0.15, -0.1) is 0 Å². The van der Waals surface area contributed by atoms with Crippen molar-refractivity contribution in [1.29, 1.82) is 0 Å². The van der Waals surface area contributed by atoms with Crippen molar-refractivity contribution in [2.45, 2.75) is 25.9 Å². The van der Waals surface area contributed by atoms with E-state index in [9.17, 15) is 14.3 Å². The van der Waals surface area contributed by atoms with Gasteiger partial charge in [-0.25, -0.2) is 4.39 Å². The fourth-order valence-electron chi connectivity index (χ4n) is 3.42. The summed E-state index contributed by atoms with van der Waals surface area (Å²) in [5.41, 5.74) is 1.25. The second-order valence-corrected chi connectivity index (χ2v) is 6.74. The van der Waals surface area contributed by atoms with Crippen LogP contribution in [0.25, 0.3) is 0 Å². The number of hydrogen-bond donors (Lipinski definition) is 2. The van der Waals surface area contributed by atoms with E-state index in [0.717, 1.165) is 25.6 Å². The van der Waals surface area contributed by atoms with Gasteiger partial charge in [-0.1, -0.05) is 30.3 Å². The standard InChI is InChI=1S/C20H23FN2O2/c1-14-9-16(13-23(14)12-15-5-3-2-4-6-15)11-22-20(25)18-8-7-17(24)10-19(18)21/h2-8,10,14,16,24H,9,11-13H2,1H3,(H,22,25)/t14-,16+/m1/s1. The van der Waals surface area contributed by atoms with Crippen molar-refractivity contribution in [2.75, 3.05) is 13.1 Å². The Morgan fingerprint density at radius 1 is 1.28 bits per heavy atom. The first-order valence-electron chi connectivity index (χ1n) is 8.57. The molecule has 1 amide bonds. The molecule has 0 aromatic heterocycles. The molecule has 1 saturated heterocycles. The summed E-state index contributed by atoms with van der Waals surface area (Å²) in [5, 5.41) is 12.0. The Bertz CT molecular complexity index is 736. The summed E-state index contributed by atoms with van der Waals surface area (Å²) in [5.74, 6) is -0.979. The number of carbonyl (C=O) groups is 1. The van der Waals surface area contributed by atoms with E-state index in [1.165, 1.54) is 17.7 Å². The third-order valence-corrected chi connectivity index (χ3v) is 4.77. The molecule has 0 spiro atoms. The van der Waals surface area contributed by atoms with E-state index < -0.39 is 11.7 Å². The van der Waals surface area contributed by atoms with E-state index in [4.69, 9.17) is 0 Å². The van der Waals surface area contributed by atoms with E-state index in [1.807, 2.05) is 18.2 Å². The minimum Gasteiger partial charge on any atom is -0.508 e. The maximum Gasteiger partial charge on any atom is 0.254 e. The first-order chi connectivity index (χ1) is 12.0. The molecule has 1 fully saturated rings. The van der Waals surface area contributed by atoms with Gasteiger partial charge in [-0.3, -0.25) is 9.69 Å². The first-order valence-corrected chi connectivity index (χ1v) is 8.57. The summed E-state index contributed by atoms with van der Waals surface area (Å²) in [7, 11) is 0. The van der Waals surface area contributed by atoms with Crippen LogP contribution in [-0.2, 0) is 6.54 Å². The zero-order valence-electron chi connectivity index (χ0n) is 14.3. The molecule has 1 heterocycles. The highest BCUT2D eigenvalue weighted by Gasteiger charge is 2.29. The third-order valence-electron chi connectivity index (χ3n) is 4.77. The quantitative estimate of drug-likeness (QED) is 0.877. The zero-order chi connectivity index (χ0) is 17.8.